The van der Waals surface area contributed by atoms with E-state index in [1.807, 2.05) is 32.9 Å². The summed E-state index contributed by atoms with van der Waals surface area (Å²) < 4.78 is 0. The lowest BCUT2D eigenvalue weighted by Crippen LogP contribution is -1.99. The predicted octanol–water partition coefficient (Wildman–Crippen LogP) is 3.53. The number of carboxylic acids is 1. The molecule has 0 aliphatic carbocycles. The van der Waals surface area contributed by atoms with Crippen molar-refractivity contribution in [2.75, 3.05) is 0 Å². The second-order valence-electron chi connectivity index (χ2n) is 4.95. The zero-order chi connectivity index (χ0) is 16.4. The van der Waals surface area contributed by atoms with Crippen LogP contribution in [0.2, 0.25) is 0 Å². The fourth-order valence-corrected chi connectivity index (χ4v) is 2.12. The number of hydrogen-bond donors (Lipinski definition) is 3. The Hall–Kier alpha value is -2.96. The first kappa shape index (κ1) is 15.4. The number of aromatic nitrogens is 1. The number of rotatable bonds is 3. The van der Waals surface area contributed by atoms with Crippen molar-refractivity contribution in [3.05, 3.63) is 40.6 Å². The summed E-state index contributed by atoms with van der Waals surface area (Å²) in [5.74, 6) is -2.92. The van der Waals surface area contributed by atoms with Crippen molar-refractivity contribution in [2.24, 2.45) is 10.2 Å². The first-order valence-electron chi connectivity index (χ1n) is 6.45. The number of aromatic hydroxyl groups is 2. The molecule has 0 saturated heterocycles. The summed E-state index contributed by atoms with van der Waals surface area (Å²) >= 11 is 0. The molecule has 0 amide bonds. The van der Waals surface area contributed by atoms with Gasteiger partial charge in [-0.3, -0.25) is 0 Å². The van der Waals surface area contributed by atoms with E-state index in [0.717, 1.165) is 22.8 Å². The molecule has 7 nitrogen and oxygen atoms in total. The number of carboxylic acid groups (broad SMARTS) is 1. The molecule has 0 saturated carbocycles. The molecule has 2 aromatic rings. The Labute approximate surface area is 126 Å². The van der Waals surface area contributed by atoms with Crippen LogP contribution in [0.1, 0.15) is 27.2 Å². The maximum Gasteiger partial charge on any atom is 0.354 e. The highest BCUT2D eigenvalue weighted by atomic mass is 16.4. The molecular formula is C15H15N3O4. The lowest BCUT2D eigenvalue weighted by atomic mass is 10.1. The Morgan fingerprint density at radius 1 is 1.05 bits per heavy atom. The van der Waals surface area contributed by atoms with Crippen LogP contribution < -0.4 is 0 Å². The zero-order valence-electron chi connectivity index (χ0n) is 12.3. The van der Waals surface area contributed by atoms with E-state index in [4.69, 9.17) is 5.11 Å². The minimum absolute atomic E-state index is 0.350. The van der Waals surface area contributed by atoms with Crippen LogP contribution in [0.25, 0.3) is 0 Å². The van der Waals surface area contributed by atoms with Crippen LogP contribution in [0, 0.1) is 20.8 Å². The van der Waals surface area contributed by atoms with Gasteiger partial charge in [0.2, 0.25) is 11.6 Å². The Kier molecular flexibility index (Phi) is 4.07. The van der Waals surface area contributed by atoms with Gasteiger partial charge in [0.05, 0.1) is 5.69 Å². The Balaban J connectivity index is 2.49. The first-order valence-corrected chi connectivity index (χ1v) is 6.45. The topological polar surface area (TPSA) is 115 Å². The van der Waals surface area contributed by atoms with Crippen molar-refractivity contribution in [3.63, 3.8) is 0 Å². The number of nitrogens with zero attached hydrogens (tertiary/aromatic N) is 3. The number of pyridine rings is 1. The van der Waals surface area contributed by atoms with Gasteiger partial charge in [-0.1, -0.05) is 17.7 Å². The molecule has 114 valence electrons. The number of benzene rings is 1. The number of hydrogen-bond acceptors (Lipinski definition) is 6. The third kappa shape index (κ3) is 3.03. The zero-order valence-corrected chi connectivity index (χ0v) is 12.3. The first-order chi connectivity index (χ1) is 10.3. The molecule has 0 aliphatic rings. The van der Waals surface area contributed by atoms with E-state index in [1.54, 1.807) is 0 Å². The summed E-state index contributed by atoms with van der Waals surface area (Å²) in [4.78, 5) is 14.6. The Morgan fingerprint density at radius 3 is 2.18 bits per heavy atom. The van der Waals surface area contributed by atoms with E-state index < -0.39 is 23.2 Å². The molecule has 0 radical (unpaired) electrons. The quantitative estimate of drug-likeness (QED) is 0.750. The van der Waals surface area contributed by atoms with Gasteiger partial charge >= 0.3 is 5.97 Å². The molecule has 1 aromatic heterocycles. The summed E-state index contributed by atoms with van der Waals surface area (Å²) in [5.41, 5.74) is 3.03. The van der Waals surface area contributed by atoms with Crippen molar-refractivity contribution >= 4 is 17.5 Å². The number of carbonyl (C=O) groups is 1. The second-order valence-corrected chi connectivity index (χ2v) is 4.95. The normalized spacial score (nSPS) is 11.0. The van der Waals surface area contributed by atoms with Crippen LogP contribution in [0.5, 0.6) is 11.5 Å². The molecule has 3 N–H and O–H groups in total. The Bertz CT molecular complexity index is 762. The molecule has 0 fully saturated rings. The molecule has 0 spiro atoms. The minimum Gasteiger partial charge on any atom is -0.504 e. The third-order valence-corrected chi connectivity index (χ3v) is 3.05. The van der Waals surface area contributed by atoms with Crippen LogP contribution in [-0.4, -0.2) is 26.3 Å². The van der Waals surface area contributed by atoms with E-state index in [1.165, 1.54) is 0 Å². The van der Waals surface area contributed by atoms with Crippen LogP contribution in [0.3, 0.4) is 0 Å². The predicted molar refractivity (Wildman–Crippen MR) is 79.4 cm³/mol. The molecule has 7 heteroatoms. The fourth-order valence-electron chi connectivity index (χ4n) is 2.12. The SMILES string of the molecule is Cc1cc(C)c(/N=N/c2nc(C(=O)O)cc(O)c2O)c(C)c1. The highest BCUT2D eigenvalue weighted by molar-refractivity contribution is 5.87. The van der Waals surface area contributed by atoms with Gasteiger partial charge in [-0.15, -0.1) is 10.2 Å². The van der Waals surface area contributed by atoms with Crippen LogP contribution in [0.15, 0.2) is 28.4 Å². The minimum atomic E-state index is -1.34. The van der Waals surface area contributed by atoms with Gasteiger partial charge in [-0.25, -0.2) is 9.78 Å². The van der Waals surface area contributed by atoms with Crippen LogP contribution >= 0.6 is 0 Å². The summed E-state index contributed by atoms with van der Waals surface area (Å²) in [6.07, 6.45) is 0. The second kappa shape index (κ2) is 5.80. The number of azo groups is 1. The van der Waals surface area contributed by atoms with Crippen LogP contribution in [0.4, 0.5) is 11.5 Å². The van der Waals surface area contributed by atoms with Crippen molar-refractivity contribution < 1.29 is 20.1 Å². The number of aromatic carboxylic acids is 1. The molecule has 0 bridgehead atoms. The van der Waals surface area contributed by atoms with Gasteiger partial charge in [0.25, 0.3) is 0 Å². The van der Waals surface area contributed by atoms with Crippen molar-refractivity contribution in [3.8, 4) is 11.5 Å². The lowest BCUT2D eigenvalue weighted by Gasteiger charge is -2.06. The highest BCUT2D eigenvalue weighted by Gasteiger charge is 2.15. The van der Waals surface area contributed by atoms with Crippen molar-refractivity contribution in [2.45, 2.75) is 20.8 Å². The summed E-state index contributed by atoms with van der Waals surface area (Å²) in [6, 6.07) is 4.71. The molecule has 22 heavy (non-hydrogen) atoms. The van der Waals surface area contributed by atoms with Gasteiger partial charge in [0.1, 0.15) is 0 Å². The maximum absolute atomic E-state index is 10.9. The lowest BCUT2D eigenvalue weighted by molar-refractivity contribution is 0.0690. The molecule has 0 unspecified atom stereocenters. The maximum atomic E-state index is 10.9. The van der Waals surface area contributed by atoms with E-state index in [0.29, 0.717) is 5.69 Å². The van der Waals surface area contributed by atoms with E-state index in [2.05, 4.69) is 15.2 Å². The fraction of sp³-hybridized carbons (Fsp3) is 0.200. The average molecular weight is 301 g/mol. The van der Waals surface area contributed by atoms with Crippen molar-refractivity contribution in [1.82, 2.24) is 4.98 Å². The van der Waals surface area contributed by atoms with E-state index >= 15 is 0 Å². The molecule has 0 aliphatic heterocycles. The summed E-state index contributed by atoms with van der Waals surface area (Å²) in [7, 11) is 0. The number of aryl methyl sites for hydroxylation is 3. The van der Waals surface area contributed by atoms with E-state index in [9.17, 15) is 15.0 Å². The summed E-state index contributed by atoms with van der Waals surface area (Å²) in [5, 5.41) is 35.9. The van der Waals surface area contributed by atoms with Gasteiger partial charge in [-0.2, -0.15) is 0 Å². The smallest absolute Gasteiger partial charge is 0.354 e. The molecule has 0 atom stereocenters. The molecule has 1 aromatic carbocycles. The Morgan fingerprint density at radius 2 is 1.64 bits per heavy atom. The standard InChI is InChI=1S/C15H15N3O4/c1-7-4-8(2)12(9(3)5-7)17-18-14-13(20)11(19)6-10(16-14)15(21)22/h4-6,20H,1-3H3,(H,16,19)(H,21,22)/b18-17+. The average Bonchev–Trinajstić information content (AvgIpc) is 2.41. The molecule has 1 heterocycles. The van der Waals surface area contributed by atoms with E-state index in [-0.39, 0.29) is 5.82 Å². The van der Waals surface area contributed by atoms with Crippen molar-refractivity contribution in [1.29, 1.82) is 0 Å². The van der Waals surface area contributed by atoms with Gasteiger partial charge in [-0.05, 0) is 31.9 Å². The van der Waals surface area contributed by atoms with Gasteiger partial charge in [0, 0.05) is 6.07 Å². The third-order valence-electron chi connectivity index (χ3n) is 3.05. The monoisotopic (exact) mass is 301 g/mol. The van der Waals surface area contributed by atoms with Gasteiger partial charge < -0.3 is 15.3 Å². The molecule has 2 rings (SSSR count). The van der Waals surface area contributed by atoms with Crippen LogP contribution in [-0.2, 0) is 0 Å². The summed E-state index contributed by atoms with van der Waals surface area (Å²) in [6.45, 7) is 5.70. The van der Waals surface area contributed by atoms with Gasteiger partial charge in [0.15, 0.2) is 11.4 Å². The highest BCUT2D eigenvalue weighted by Crippen LogP contribution is 2.36. The molecular weight excluding hydrogens is 286 g/mol. The largest absolute Gasteiger partial charge is 0.504 e.